The predicted molar refractivity (Wildman–Crippen MR) is 111 cm³/mol. The van der Waals surface area contributed by atoms with Gasteiger partial charge in [-0.05, 0) is 64.4 Å². The lowest BCUT2D eigenvalue weighted by atomic mass is 10.2. The third kappa shape index (κ3) is 4.50. The van der Waals surface area contributed by atoms with Crippen LogP contribution in [0.4, 0.5) is 11.4 Å². The van der Waals surface area contributed by atoms with E-state index in [1.54, 1.807) is 35.2 Å². The molecule has 0 saturated carbocycles. The maximum absolute atomic E-state index is 12.4. The van der Waals surface area contributed by atoms with Crippen LogP contribution in [0, 0.1) is 13.8 Å². The lowest BCUT2D eigenvalue weighted by molar-refractivity contribution is -0.119. The third-order valence-electron chi connectivity index (χ3n) is 5.09. The molecule has 0 aliphatic carbocycles. The van der Waals surface area contributed by atoms with Crippen LogP contribution in [0.15, 0.2) is 30.3 Å². The van der Waals surface area contributed by atoms with Crippen molar-refractivity contribution < 1.29 is 19.1 Å². The Morgan fingerprint density at radius 1 is 1.17 bits per heavy atom. The van der Waals surface area contributed by atoms with Crippen LogP contribution in [-0.2, 0) is 14.3 Å². The fourth-order valence-electron chi connectivity index (χ4n) is 3.83. The Kier molecular flexibility index (Phi) is 6.06. The Labute approximate surface area is 170 Å². The molecule has 0 spiro atoms. The summed E-state index contributed by atoms with van der Waals surface area (Å²) in [5.74, 6) is -0.811. The zero-order valence-corrected chi connectivity index (χ0v) is 17.3. The normalized spacial score (nSPS) is 13.8. The van der Waals surface area contributed by atoms with Gasteiger partial charge in [-0.15, -0.1) is 0 Å². The molecule has 154 valence electrons. The quantitative estimate of drug-likeness (QED) is 0.755. The molecule has 3 rings (SSSR count). The van der Waals surface area contributed by atoms with Crippen LogP contribution < -0.4 is 10.2 Å². The number of nitrogens with one attached hydrogen (secondary N) is 1. The average molecular weight is 397 g/mol. The molecule has 0 unspecified atom stereocenters. The number of benzene rings is 1. The van der Waals surface area contributed by atoms with Crippen molar-refractivity contribution in [3.8, 4) is 0 Å². The summed E-state index contributed by atoms with van der Waals surface area (Å²) in [4.78, 5) is 38.1. The van der Waals surface area contributed by atoms with Crippen molar-refractivity contribution >= 4 is 29.2 Å². The first-order chi connectivity index (χ1) is 13.8. The van der Waals surface area contributed by atoms with Crippen molar-refractivity contribution in [3.05, 3.63) is 47.3 Å². The Balaban J connectivity index is 1.55. The number of hydrogen-bond acceptors (Lipinski definition) is 4. The molecule has 1 saturated heterocycles. The summed E-state index contributed by atoms with van der Waals surface area (Å²) >= 11 is 0. The minimum absolute atomic E-state index is 0.116. The number of nitrogens with zero attached hydrogens (tertiary/aromatic N) is 2. The number of esters is 1. The summed E-state index contributed by atoms with van der Waals surface area (Å²) in [5, 5.41) is 2.70. The van der Waals surface area contributed by atoms with Crippen LogP contribution in [0.5, 0.6) is 0 Å². The Morgan fingerprint density at radius 3 is 2.41 bits per heavy atom. The number of ether oxygens (including phenoxy) is 1. The van der Waals surface area contributed by atoms with Crippen molar-refractivity contribution in [2.45, 2.75) is 46.6 Å². The monoisotopic (exact) mass is 397 g/mol. The number of aryl methyl sites for hydroxylation is 1. The van der Waals surface area contributed by atoms with E-state index in [0.29, 0.717) is 17.7 Å². The summed E-state index contributed by atoms with van der Waals surface area (Å²) in [5.41, 5.74) is 3.68. The fourth-order valence-corrected chi connectivity index (χ4v) is 3.83. The zero-order chi connectivity index (χ0) is 21.1. The number of anilines is 2. The molecule has 0 bridgehead atoms. The second-order valence-corrected chi connectivity index (χ2v) is 7.57. The third-order valence-corrected chi connectivity index (χ3v) is 5.09. The van der Waals surface area contributed by atoms with E-state index in [1.807, 2.05) is 27.7 Å². The van der Waals surface area contributed by atoms with Crippen molar-refractivity contribution in [1.82, 2.24) is 4.57 Å². The minimum Gasteiger partial charge on any atom is -0.452 e. The van der Waals surface area contributed by atoms with Crippen LogP contribution in [0.1, 0.15) is 54.5 Å². The highest BCUT2D eigenvalue weighted by Crippen LogP contribution is 2.23. The van der Waals surface area contributed by atoms with Gasteiger partial charge in [0.2, 0.25) is 5.91 Å². The van der Waals surface area contributed by atoms with Crippen LogP contribution in [-0.4, -0.2) is 35.5 Å². The molecule has 1 aliphatic heterocycles. The fraction of sp³-hybridized carbons (Fsp3) is 0.409. The van der Waals surface area contributed by atoms with Crippen molar-refractivity contribution in [2.75, 3.05) is 23.4 Å². The number of hydrogen-bond donors (Lipinski definition) is 1. The van der Waals surface area contributed by atoms with Crippen molar-refractivity contribution in [3.63, 3.8) is 0 Å². The van der Waals surface area contributed by atoms with Gasteiger partial charge in [-0.3, -0.25) is 9.59 Å². The molecule has 0 radical (unpaired) electrons. The lowest BCUT2D eigenvalue weighted by Crippen LogP contribution is -2.24. The molecule has 1 N–H and O–H groups in total. The van der Waals surface area contributed by atoms with E-state index in [9.17, 15) is 14.4 Å². The van der Waals surface area contributed by atoms with E-state index in [-0.39, 0.29) is 18.6 Å². The molecular formula is C22H27N3O4. The number of aromatic nitrogens is 1. The van der Waals surface area contributed by atoms with E-state index in [0.717, 1.165) is 30.0 Å². The zero-order valence-electron chi connectivity index (χ0n) is 17.3. The first kappa shape index (κ1) is 20.6. The minimum atomic E-state index is -0.511. The molecule has 1 aliphatic rings. The summed E-state index contributed by atoms with van der Waals surface area (Å²) in [6.07, 6.45) is 1.44. The van der Waals surface area contributed by atoms with Gasteiger partial charge in [0, 0.05) is 41.8 Å². The molecule has 1 aromatic carbocycles. The summed E-state index contributed by atoms with van der Waals surface area (Å²) < 4.78 is 7.25. The van der Waals surface area contributed by atoms with Crippen molar-refractivity contribution in [2.24, 2.45) is 0 Å². The molecule has 0 atom stereocenters. The molecule has 7 nitrogen and oxygen atoms in total. The van der Waals surface area contributed by atoms with E-state index in [4.69, 9.17) is 4.74 Å². The van der Waals surface area contributed by atoms with E-state index >= 15 is 0 Å². The number of amides is 2. The Hall–Kier alpha value is -3.09. The number of carbonyl (C=O) groups excluding carboxylic acids is 3. The summed E-state index contributed by atoms with van der Waals surface area (Å²) in [6.45, 7) is 8.27. The molecule has 2 aromatic rings. The molecule has 2 heterocycles. The van der Waals surface area contributed by atoms with Gasteiger partial charge in [-0.2, -0.15) is 0 Å². The second-order valence-electron chi connectivity index (χ2n) is 7.57. The SMILES string of the molecule is Cc1cc(C(=O)OCC(=O)Nc2ccc(N3CCCC3=O)cc2)c(C)n1C(C)C. The van der Waals surface area contributed by atoms with Crippen molar-refractivity contribution in [1.29, 1.82) is 0 Å². The van der Waals surface area contributed by atoms with Gasteiger partial charge in [0.25, 0.3) is 5.91 Å². The smallest absolute Gasteiger partial charge is 0.340 e. The Bertz CT molecular complexity index is 928. The van der Waals surface area contributed by atoms with Crippen LogP contribution in [0.2, 0.25) is 0 Å². The van der Waals surface area contributed by atoms with Gasteiger partial charge in [0.05, 0.1) is 5.56 Å². The van der Waals surface area contributed by atoms with E-state index in [2.05, 4.69) is 9.88 Å². The highest BCUT2D eigenvalue weighted by molar-refractivity contribution is 5.97. The predicted octanol–water partition coefficient (Wildman–Crippen LogP) is 3.61. The van der Waals surface area contributed by atoms with Gasteiger partial charge in [-0.1, -0.05) is 0 Å². The van der Waals surface area contributed by atoms with E-state index < -0.39 is 11.9 Å². The van der Waals surface area contributed by atoms with Gasteiger partial charge < -0.3 is 19.5 Å². The summed E-state index contributed by atoms with van der Waals surface area (Å²) in [7, 11) is 0. The Morgan fingerprint density at radius 2 is 1.86 bits per heavy atom. The van der Waals surface area contributed by atoms with Crippen LogP contribution in [0.3, 0.4) is 0 Å². The molecule has 29 heavy (non-hydrogen) atoms. The van der Waals surface area contributed by atoms with Gasteiger partial charge in [-0.25, -0.2) is 4.79 Å². The first-order valence-corrected chi connectivity index (χ1v) is 9.83. The van der Waals surface area contributed by atoms with Gasteiger partial charge in [0.1, 0.15) is 0 Å². The molecule has 1 aromatic heterocycles. The van der Waals surface area contributed by atoms with E-state index in [1.165, 1.54) is 0 Å². The maximum Gasteiger partial charge on any atom is 0.340 e. The van der Waals surface area contributed by atoms with Crippen LogP contribution >= 0.6 is 0 Å². The first-order valence-electron chi connectivity index (χ1n) is 9.83. The number of rotatable bonds is 6. The van der Waals surface area contributed by atoms with Gasteiger partial charge in [0.15, 0.2) is 6.61 Å². The molecule has 2 amide bonds. The highest BCUT2D eigenvalue weighted by atomic mass is 16.5. The standard InChI is InChI=1S/C22H27N3O4/c1-14(2)25-15(3)12-19(16(25)4)22(28)29-13-20(26)23-17-7-9-18(10-8-17)24-11-5-6-21(24)27/h7-10,12,14H,5-6,11,13H2,1-4H3,(H,23,26). The second kappa shape index (κ2) is 8.51. The lowest BCUT2D eigenvalue weighted by Gasteiger charge is -2.16. The summed E-state index contributed by atoms with van der Waals surface area (Å²) in [6, 6.07) is 9.08. The molecule has 1 fully saturated rings. The topological polar surface area (TPSA) is 80.6 Å². The number of carbonyl (C=O) groups is 3. The average Bonchev–Trinajstić information content (AvgIpc) is 3.23. The largest absolute Gasteiger partial charge is 0.452 e. The molecular weight excluding hydrogens is 370 g/mol. The van der Waals surface area contributed by atoms with Gasteiger partial charge >= 0.3 is 5.97 Å². The molecule has 7 heteroatoms. The van der Waals surface area contributed by atoms with Crippen LogP contribution in [0.25, 0.3) is 0 Å². The highest BCUT2D eigenvalue weighted by Gasteiger charge is 2.22. The maximum atomic E-state index is 12.4.